The summed E-state index contributed by atoms with van der Waals surface area (Å²) in [5, 5.41) is 4.25. The summed E-state index contributed by atoms with van der Waals surface area (Å²) in [6.07, 6.45) is 0.459. The largest absolute Gasteiger partial charge is 0.322 e. The molecule has 1 aliphatic carbocycles. The molecule has 0 bridgehead atoms. The summed E-state index contributed by atoms with van der Waals surface area (Å²) in [6.45, 7) is 5.66. The maximum atomic E-state index is 14.2. The van der Waals surface area contributed by atoms with E-state index in [9.17, 15) is 53.5 Å². The quantitative estimate of drug-likeness (QED) is 0.129. The van der Waals surface area contributed by atoms with Crippen molar-refractivity contribution in [1.29, 1.82) is 0 Å². The Hall–Kier alpha value is -4.88. The lowest BCUT2D eigenvalue weighted by molar-refractivity contribution is 0.100. The molecular weight excluding hydrogens is 634 g/mol. The van der Waals surface area contributed by atoms with Crippen LogP contribution in [-0.4, -0.2) is 11.8 Å². The van der Waals surface area contributed by atoms with Crippen LogP contribution in [0.5, 0.6) is 0 Å². The molecule has 0 saturated carbocycles. The minimum absolute atomic E-state index is 0.0247. The Morgan fingerprint density at radius 3 is 1.33 bits per heavy atom. The van der Waals surface area contributed by atoms with Crippen LogP contribution >= 0.6 is 0 Å². The average Bonchev–Trinajstić information content (AvgIpc) is 3.22. The van der Waals surface area contributed by atoms with E-state index in [0.29, 0.717) is 17.5 Å². The molecular formula is C32H20F10N2O2. The van der Waals surface area contributed by atoms with Gasteiger partial charge in [0.1, 0.15) is 11.1 Å². The maximum Gasteiger partial charge on any atom is 0.261 e. The number of benzene rings is 4. The lowest BCUT2D eigenvalue weighted by Crippen LogP contribution is -2.24. The third-order valence-corrected chi connectivity index (χ3v) is 8.05. The molecule has 0 fully saturated rings. The van der Waals surface area contributed by atoms with Gasteiger partial charge >= 0.3 is 0 Å². The minimum atomic E-state index is -2.41. The molecule has 1 atom stereocenters. The molecule has 5 rings (SSSR count). The number of amides is 2. The highest BCUT2D eigenvalue weighted by atomic mass is 19.2. The second-order valence-electron chi connectivity index (χ2n) is 11.5. The van der Waals surface area contributed by atoms with Crippen LogP contribution in [0.2, 0.25) is 0 Å². The molecule has 4 aromatic carbocycles. The fourth-order valence-electron chi connectivity index (χ4n) is 5.92. The standard InChI is InChI=1S/C32H20F10N2O2/c1-31(2)11-32(3,12-4-6-13(7-5-12)43-29(45)17-19(33)23(37)27(41)24(38)20(17)34)16-10-14(8-9-15(16)31)44-30(46)18-21(35)25(39)28(42)26(40)22(18)36/h4-10H,11H2,1-3H3,(H,43,45)(H,44,46). The van der Waals surface area contributed by atoms with Gasteiger partial charge in [0.2, 0.25) is 11.6 Å². The number of fused-ring (bicyclic) bond motifs is 1. The van der Waals surface area contributed by atoms with Crippen molar-refractivity contribution in [2.75, 3.05) is 10.6 Å². The Labute approximate surface area is 254 Å². The van der Waals surface area contributed by atoms with Crippen LogP contribution in [0.3, 0.4) is 0 Å². The van der Waals surface area contributed by atoms with Crippen molar-refractivity contribution in [3.63, 3.8) is 0 Å². The Bertz CT molecular complexity index is 1900. The number of anilines is 2. The highest BCUT2D eigenvalue weighted by Gasteiger charge is 2.46. The molecule has 0 aliphatic heterocycles. The first kappa shape index (κ1) is 32.5. The zero-order valence-corrected chi connectivity index (χ0v) is 23.8. The topological polar surface area (TPSA) is 58.2 Å². The van der Waals surface area contributed by atoms with Crippen molar-refractivity contribution in [3.05, 3.63) is 128 Å². The fraction of sp³-hybridized carbons (Fsp3) is 0.188. The lowest BCUT2D eigenvalue weighted by atomic mass is 9.75. The fourth-order valence-corrected chi connectivity index (χ4v) is 5.92. The van der Waals surface area contributed by atoms with Crippen molar-refractivity contribution in [3.8, 4) is 0 Å². The summed E-state index contributed by atoms with van der Waals surface area (Å²) in [5.74, 6) is -26.3. The van der Waals surface area contributed by atoms with Crippen LogP contribution in [0.25, 0.3) is 0 Å². The van der Waals surface area contributed by atoms with Crippen LogP contribution in [0.15, 0.2) is 42.5 Å². The molecule has 0 radical (unpaired) electrons. The molecule has 1 aliphatic rings. The third-order valence-electron chi connectivity index (χ3n) is 8.05. The third kappa shape index (κ3) is 5.05. The van der Waals surface area contributed by atoms with Gasteiger partial charge in [-0.2, -0.15) is 0 Å². The summed E-state index contributed by atoms with van der Waals surface area (Å²) in [6, 6.07) is 10.2. The predicted molar refractivity (Wildman–Crippen MR) is 145 cm³/mol. The van der Waals surface area contributed by atoms with Crippen LogP contribution in [0.1, 0.15) is 64.6 Å². The van der Waals surface area contributed by atoms with Gasteiger partial charge in [-0.3, -0.25) is 9.59 Å². The highest BCUT2D eigenvalue weighted by Crippen LogP contribution is 2.53. The average molecular weight is 655 g/mol. The Morgan fingerprint density at radius 2 is 0.891 bits per heavy atom. The van der Waals surface area contributed by atoms with Gasteiger partial charge in [0.25, 0.3) is 11.8 Å². The second-order valence-corrected chi connectivity index (χ2v) is 11.5. The molecule has 4 aromatic rings. The van der Waals surface area contributed by atoms with E-state index in [1.54, 1.807) is 6.07 Å². The lowest BCUT2D eigenvalue weighted by Gasteiger charge is -2.29. The Morgan fingerprint density at radius 1 is 0.522 bits per heavy atom. The number of hydrogen-bond acceptors (Lipinski definition) is 2. The first-order valence-corrected chi connectivity index (χ1v) is 13.3. The predicted octanol–water partition coefficient (Wildman–Crippen LogP) is 8.57. The van der Waals surface area contributed by atoms with Gasteiger partial charge in [-0.05, 0) is 52.8 Å². The van der Waals surface area contributed by atoms with E-state index in [2.05, 4.69) is 10.6 Å². The van der Waals surface area contributed by atoms with E-state index in [1.165, 1.54) is 36.4 Å². The number of rotatable bonds is 5. The van der Waals surface area contributed by atoms with E-state index in [-0.39, 0.29) is 11.4 Å². The van der Waals surface area contributed by atoms with E-state index in [1.807, 2.05) is 20.8 Å². The summed E-state index contributed by atoms with van der Waals surface area (Å²) in [7, 11) is 0. The first-order valence-electron chi connectivity index (χ1n) is 13.3. The molecule has 0 spiro atoms. The van der Waals surface area contributed by atoms with Crippen molar-refractivity contribution in [2.24, 2.45) is 0 Å². The van der Waals surface area contributed by atoms with E-state index in [4.69, 9.17) is 0 Å². The number of halogens is 10. The van der Waals surface area contributed by atoms with Crippen molar-refractivity contribution < 1.29 is 53.5 Å². The highest BCUT2D eigenvalue weighted by molar-refractivity contribution is 6.05. The smallest absolute Gasteiger partial charge is 0.261 e. The Kier molecular flexibility index (Phi) is 7.90. The molecule has 46 heavy (non-hydrogen) atoms. The number of carbonyl (C=O) groups excluding carboxylic acids is 2. The summed E-state index contributed by atoms with van der Waals surface area (Å²) in [5.41, 5.74) is -2.70. The van der Waals surface area contributed by atoms with Gasteiger partial charge in [0.05, 0.1) is 0 Å². The summed E-state index contributed by atoms with van der Waals surface area (Å²) < 4.78 is 138. The molecule has 2 N–H and O–H groups in total. The van der Waals surface area contributed by atoms with Gasteiger partial charge < -0.3 is 10.6 Å². The van der Waals surface area contributed by atoms with Gasteiger partial charge in [-0.25, -0.2) is 43.9 Å². The van der Waals surface area contributed by atoms with Crippen molar-refractivity contribution in [1.82, 2.24) is 0 Å². The van der Waals surface area contributed by atoms with Crippen molar-refractivity contribution >= 4 is 23.2 Å². The van der Waals surface area contributed by atoms with Gasteiger partial charge in [0, 0.05) is 16.8 Å². The maximum absolute atomic E-state index is 14.2. The van der Waals surface area contributed by atoms with E-state index >= 15 is 0 Å². The SMILES string of the molecule is CC1(C)CC(C)(c2ccc(NC(=O)c3c(F)c(F)c(F)c(F)c3F)cc2)c2cc(NC(=O)c3c(F)c(F)c(F)c(F)c3F)ccc21. The number of nitrogens with one attached hydrogen (secondary N) is 2. The summed E-state index contributed by atoms with van der Waals surface area (Å²) in [4.78, 5) is 25.1. The molecule has 14 heteroatoms. The molecule has 1 unspecified atom stereocenters. The zero-order valence-electron chi connectivity index (χ0n) is 23.8. The van der Waals surface area contributed by atoms with Gasteiger partial charge in [0.15, 0.2) is 46.5 Å². The molecule has 4 nitrogen and oxygen atoms in total. The summed E-state index contributed by atoms with van der Waals surface area (Å²) >= 11 is 0. The van der Waals surface area contributed by atoms with Crippen molar-refractivity contribution in [2.45, 2.75) is 38.0 Å². The molecule has 0 saturated heterocycles. The van der Waals surface area contributed by atoms with Gasteiger partial charge in [-0.15, -0.1) is 0 Å². The van der Waals surface area contributed by atoms with E-state index < -0.39 is 91.9 Å². The molecule has 2 amide bonds. The molecule has 0 aromatic heterocycles. The van der Waals surface area contributed by atoms with Crippen LogP contribution in [0, 0.1) is 58.2 Å². The zero-order chi connectivity index (χ0) is 34.0. The molecule has 240 valence electrons. The van der Waals surface area contributed by atoms with Crippen LogP contribution < -0.4 is 10.6 Å². The van der Waals surface area contributed by atoms with Gasteiger partial charge in [-0.1, -0.05) is 39.0 Å². The monoisotopic (exact) mass is 654 g/mol. The number of hydrogen-bond donors (Lipinski definition) is 2. The second kappa shape index (κ2) is 11.2. The Balaban J connectivity index is 1.45. The van der Waals surface area contributed by atoms with E-state index in [0.717, 1.165) is 5.56 Å². The molecule has 0 heterocycles. The minimum Gasteiger partial charge on any atom is -0.322 e. The first-order chi connectivity index (χ1) is 21.4. The van der Waals surface area contributed by atoms with Crippen LogP contribution in [0.4, 0.5) is 55.3 Å². The normalized spacial score (nSPS) is 16.7. The van der Waals surface area contributed by atoms with Crippen LogP contribution in [-0.2, 0) is 10.8 Å². The number of carbonyl (C=O) groups is 2.